The molecule has 0 saturated carbocycles. The zero-order chi connectivity index (χ0) is 22.3. The molecule has 0 aliphatic carbocycles. The van der Waals surface area contributed by atoms with Gasteiger partial charge < -0.3 is 36.1 Å². The number of nitrogens with one attached hydrogen (secondary N) is 3. The molecule has 30 heavy (non-hydrogen) atoms. The fraction of sp³-hybridized carbons (Fsp3) is 0.500. The van der Waals surface area contributed by atoms with Gasteiger partial charge in [0.2, 0.25) is 5.91 Å². The largest absolute Gasteiger partial charge is 0.433 e. The molecule has 1 heterocycles. The summed E-state index contributed by atoms with van der Waals surface area (Å²) in [5.74, 6) is -1.33. The van der Waals surface area contributed by atoms with Crippen molar-refractivity contribution in [3.63, 3.8) is 0 Å². The van der Waals surface area contributed by atoms with E-state index in [9.17, 15) is 23.2 Å². The molecule has 1 aromatic carbocycles. The first-order chi connectivity index (χ1) is 14.2. The average molecular weight is 429 g/mol. The molecule has 1 aliphatic rings. The summed E-state index contributed by atoms with van der Waals surface area (Å²) in [5, 5.41) is 7.49. The molecule has 10 nitrogen and oxygen atoms in total. The number of carbonyl (C=O) groups is 3. The zero-order valence-corrected chi connectivity index (χ0v) is 16.6. The highest BCUT2D eigenvalue weighted by Gasteiger charge is 2.25. The van der Waals surface area contributed by atoms with Crippen LogP contribution in [0.1, 0.15) is 13.8 Å². The van der Waals surface area contributed by atoms with Crippen LogP contribution in [-0.2, 0) is 14.3 Å². The van der Waals surface area contributed by atoms with Crippen molar-refractivity contribution in [3.05, 3.63) is 18.2 Å². The lowest BCUT2D eigenvalue weighted by molar-refractivity contribution is -0.125. The van der Waals surface area contributed by atoms with Crippen LogP contribution in [-0.4, -0.2) is 62.8 Å². The van der Waals surface area contributed by atoms with Crippen LogP contribution in [0.5, 0.6) is 5.75 Å². The number of hydrogen-bond donors (Lipinski definition) is 4. The Kier molecular flexibility index (Phi) is 8.30. The molecule has 0 bridgehead atoms. The molecular formula is C18H25F2N5O5. The van der Waals surface area contributed by atoms with Crippen LogP contribution in [0, 0.1) is 0 Å². The van der Waals surface area contributed by atoms with Crippen LogP contribution in [0.15, 0.2) is 18.2 Å². The van der Waals surface area contributed by atoms with Crippen molar-refractivity contribution in [1.29, 1.82) is 0 Å². The monoisotopic (exact) mass is 429 g/mol. The van der Waals surface area contributed by atoms with Crippen molar-refractivity contribution in [2.24, 2.45) is 5.73 Å². The minimum absolute atomic E-state index is 0.129. The molecule has 4 amide bonds. The summed E-state index contributed by atoms with van der Waals surface area (Å²) in [7, 11) is 0. The minimum atomic E-state index is -3.14. The topological polar surface area (TPSA) is 135 Å². The number of anilines is 2. The van der Waals surface area contributed by atoms with E-state index < -0.39 is 30.5 Å². The van der Waals surface area contributed by atoms with Crippen LogP contribution in [0.25, 0.3) is 0 Å². The zero-order valence-electron chi connectivity index (χ0n) is 16.6. The maximum atomic E-state index is 12.9. The Labute approximate surface area is 172 Å². The standard InChI is InChI=1S/C18H25F2N5O5/c1-10(2)22-18(28)24-12(8-21)16(27)23-11-3-4-13(14(7-11)30-17(19)20)25-5-6-29-9-15(25)26/h3-4,7,10,12,17H,5-6,8-9,21H2,1-2H3,(H,23,27)(H2,22,24,28)/t12-/m1/s1. The van der Waals surface area contributed by atoms with Gasteiger partial charge in [-0.3, -0.25) is 9.59 Å². The van der Waals surface area contributed by atoms with Gasteiger partial charge in [0.1, 0.15) is 12.6 Å². The number of morpholine rings is 1. The van der Waals surface area contributed by atoms with Crippen LogP contribution in [0.2, 0.25) is 0 Å². The molecule has 0 unspecified atom stereocenters. The van der Waals surface area contributed by atoms with E-state index in [-0.39, 0.29) is 49.5 Å². The van der Waals surface area contributed by atoms with Crippen LogP contribution in [0.4, 0.5) is 25.0 Å². The lowest BCUT2D eigenvalue weighted by Gasteiger charge is -2.28. The summed E-state index contributed by atoms with van der Waals surface area (Å²) in [6.07, 6.45) is 0. The second-order valence-corrected chi connectivity index (χ2v) is 6.71. The van der Waals surface area contributed by atoms with E-state index in [1.807, 2.05) is 0 Å². The van der Waals surface area contributed by atoms with E-state index in [2.05, 4.69) is 20.7 Å². The molecule has 12 heteroatoms. The average Bonchev–Trinajstić information content (AvgIpc) is 2.66. The summed E-state index contributed by atoms with van der Waals surface area (Å²) in [5.41, 5.74) is 5.82. The first kappa shape index (κ1) is 23.3. The van der Waals surface area contributed by atoms with E-state index >= 15 is 0 Å². The molecule has 5 N–H and O–H groups in total. The predicted molar refractivity (Wildman–Crippen MR) is 105 cm³/mol. The van der Waals surface area contributed by atoms with Gasteiger partial charge >= 0.3 is 12.6 Å². The third-order valence-electron chi connectivity index (χ3n) is 4.00. The third kappa shape index (κ3) is 6.52. The summed E-state index contributed by atoms with van der Waals surface area (Å²) in [6.45, 7) is 0.441. The molecule has 1 fully saturated rings. The number of carbonyl (C=O) groups excluding carboxylic acids is 3. The maximum Gasteiger partial charge on any atom is 0.387 e. The molecule has 0 aromatic heterocycles. The van der Waals surface area contributed by atoms with Crippen molar-refractivity contribution in [3.8, 4) is 5.75 Å². The van der Waals surface area contributed by atoms with Crippen molar-refractivity contribution in [2.75, 3.05) is 36.5 Å². The second-order valence-electron chi connectivity index (χ2n) is 6.71. The van der Waals surface area contributed by atoms with Crippen LogP contribution >= 0.6 is 0 Å². The molecule has 166 valence electrons. The number of hydrogen-bond acceptors (Lipinski definition) is 6. The van der Waals surface area contributed by atoms with Crippen molar-refractivity contribution in [1.82, 2.24) is 10.6 Å². The predicted octanol–water partition coefficient (Wildman–Crippen LogP) is 0.625. The first-order valence-electron chi connectivity index (χ1n) is 9.26. The highest BCUT2D eigenvalue weighted by Crippen LogP contribution is 2.33. The SMILES string of the molecule is CC(C)NC(=O)N[C@H](CN)C(=O)Nc1ccc(N2CCOCC2=O)c(OC(F)F)c1. The van der Waals surface area contributed by atoms with Crippen molar-refractivity contribution in [2.45, 2.75) is 32.5 Å². The second kappa shape index (κ2) is 10.7. The van der Waals surface area contributed by atoms with Gasteiger partial charge in [0.15, 0.2) is 5.75 Å². The molecule has 2 rings (SSSR count). The Bertz CT molecular complexity index is 777. The van der Waals surface area contributed by atoms with Crippen LogP contribution in [0.3, 0.4) is 0 Å². The maximum absolute atomic E-state index is 12.9. The van der Waals surface area contributed by atoms with Crippen LogP contribution < -0.4 is 31.3 Å². The fourth-order valence-electron chi connectivity index (χ4n) is 2.70. The molecular weight excluding hydrogens is 404 g/mol. The number of nitrogens with zero attached hydrogens (tertiary/aromatic N) is 1. The van der Waals surface area contributed by atoms with Gasteiger partial charge in [-0.15, -0.1) is 0 Å². The Hall–Kier alpha value is -2.99. The number of nitrogens with two attached hydrogens (primary N) is 1. The Morgan fingerprint density at radius 3 is 2.63 bits per heavy atom. The lowest BCUT2D eigenvalue weighted by atomic mass is 10.2. The Morgan fingerprint density at radius 1 is 1.30 bits per heavy atom. The van der Waals surface area contributed by atoms with E-state index in [0.717, 1.165) is 0 Å². The molecule has 0 spiro atoms. The number of halogens is 2. The van der Waals surface area contributed by atoms with E-state index in [0.29, 0.717) is 0 Å². The smallest absolute Gasteiger partial charge is 0.387 e. The minimum Gasteiger partial charge on any atom is -0.433 e. The number of ether oxygens (including phenoxy) is 2. The highest BCUT2D eigenvalue weighted by molar-refractivity contribution is 5.99. The number of rotatable bonds is 8. The van der Waals surface area contributed by atoms with E-state index in [4.69, 9.17) is 10.5 Å². The van der Waals surface area contributed by atoms with Gasteiger partial charge in [0, 0.05) is 30.9 Å². The van der Waals surface area contributed by atoms with Crippen molar-refractivity contribution >= 4 is 29.2 Å². The van der Waals surface area contributed by atoms with E-state index in [1.54, 1.807) is 13.8 Å². The van der Waals surface area contributed by atoms with Crippen molar-refractivity contribution < 1.29 is 32.6 Å². The Balaban J connectivity index is 2.17. The van der Waals surface area contributed by atoms with Gasteiger partial charge in [0.25, 0.3) is 5.91 Å². The lowest BCUT2D eigenvalue weighted by Crippen LogP contribution is -2.52. The molecule has 0 radical (unpaired) electrons. The summed E-state index contributed by atoms with van der Waals surface area (Å²) < 4.78 is 35.3. The van der Waals surface area contributed by atoms with E-state index in [1.165, 1.54) is 23.1 Å². The summed E-state index contributed by atoms with van der Waals surface area (Å²) in [6, 6.07) is 2.21. The highest BCUT2D eigenvalue weighted by atomic mass is 19.3. The molecule has 1 aliphatic heterocycles. The van der Waals surface area contributed by atoms with Gasteiger partial charge in [-0.1, -0.05) is 0 Å². The number of urea groups is 1. The number of alkyl halides is 2. The van der Waals surface area contributed by atoms with Gasteiger partial charge in [-0.05, 0) is 26.0 Å². The normalized spacial score (nSPS) is 15.2. The quantitative estimate of drug-likeness (QED) is 0.479. The summed E-state index contributed by atoms with van der Waals surface area (Å²) in [4.78, 5) is 37.5. The number of amides is 4. The Morgan fingerprint density at radius 2 is 2.03 bits per heavy atom. The molecule has 1 aromatic rings. The molecule has 1 saturated heterocycles. The molecule has 1 atom stereocenters. The van der Waals surface area contributed by atoms with Gasteiger partial charge in [-0.25, -0.2) is 4.79 Å². The fourth-order valence-corrected chi connectivity index (χ4v) is 2.70. The van der Waals surface area contributed by atoms with Gasteiger partial charge in [-0.2, -0.15) is 8.78 Å². The third-order valence-corrected chi connectivity index (χ3v) is 4.00. The first-order valence-corrected chi connectivity index (χ1v) is 9.26. The summed E-state index contributed by atoms with van der Waals surface area (Å²) >= 11 is 0. The van der Waals surface area contributed by atoms with Gasteiger partial charge in [0.05, 0.1) is 12.3 Å². The number of benzene rings is 1.